The van der Waals surface area contributed by atoms with E-state index in [1.54, 1.807) is 30.3 Å². The van der Waals surface area contributed by atoms with Gasteiger partial charge < -0.3 is 13.9 Å². The largest absolute Gasteiger partial charge is 0.472 e. The number of carbonyl (C=O) groups is 1. The van der Waals surface area contributed by atoms with Gasteiger partial charge in [-0.1, -0.05) is 55.3 Å². The molecule has 6 heteroatoms. The summed E-state index contributed by atoms with van der Waals surface area (Å²) in [5.41, 5.74) is 1.42. The number of aryl methyl sites for hydroxylation is 1. The van der Waals surface area contributed by atoms with E-state index in [-0.39, 0.29) is 5.75 Å². The fraction of sp³-hybridized carbons (Fsp3) is 0.238. The van der Waals surface area contributed by atoms with Crippen LogP contribution in [0.4, 0.5) is 0 Å². The van der Waals surface area contributed by atoms with Gasteiger partial charge in [0.15, 0.2) is 0 Å². The van der Waals surface area contributed by atoms with Crippen molar-refractivity contribution in [3.05, 3.63) is 75.1 Å². The molecule has 0 radical (unpaired) electrons. The first kappa shape index (κ1) is 19.0. The summed E-state index contributed by atoms with van der Waals surface area (Å²) in [4.78, 5) is 24.1. The molecule has 0 amide bonds. The summed E-state index contributed by atoms with van der Waals surface area (Å²) in [6.45, 7) is 2.03. The predicted octanol–water partition coefficient (Wildman–Crippen LogP) is 4.69. The highest BCUT2D eigenvalue weighted by Gasteiger charge is 2.25. The Morgan fingerprint density at radius 3 is 2.59 bits per heavy atom. The number of esters is 1. The molecule has 3 aromatic rings. The molecule has 0 aliphatic rings. The number of carbonyl (C=O) groups excluding carboxylic acids is 1. The zero-order valence-electron chi connectivity index (χ0n) is 15.0. The molecule has 1 heterocycles. The van der Waals surface area contributed by atoms with Crippen LogP contribution < -0.4 is 10.4 Å². The summed E-state index contributed by atoms with van der Waals surface area (Å²) >= 11 is 6.40. The Bertz CT molecular complexity index is 1010. The van der Waals surface area contributed by atoms with Gasteiger partial charge in [-0.15, -0.1) is 0 Å². The molecule has 0 fully saturated rings. The van der Waals surface area contributed by atoms with Crippen LogP contribution >= 0.6 is 11.6 Å². The first-order chi connectivity index (χ1) is 13.0. The van der Waals surface area contributed by atoms with Gasteiger partial charge in [-0.3, -0.25) is 0 Å². The predicted molar refractivity (Wildman–Crippen MR) is 103 cm³/mol. The second-order valence-corrected chi connectivity index (χ2v) is 6.46. The van der Waals surface area contributed by atoms with Crippen molar-refractivity contribution in [3.8, 4) is 5.75 Å². The zero-order valence-corrected chi connectivity index (χ0v) is 15.8. The quantitative estimate of drug-likeness (QED) is 0.454. The van der Waals surface area contributed by atoms with E-state index in [0.29, 0.717) is 16.2 Å². The van der Waals surface area contributed by atoms with Crippen LogP contribution in [0.1, 0.15) is 30.6 Å². The van der Waals surface area contributed by atoms with Crippen molar-refractivity contribution in [2.24, 2.45) is 0 Å². The molecule has 0 unspecified atom stereocenters. The van der Waals surface area contributed by atoms with Gasteiger partial charge in [0, 0.05) is 23.1 Å². The average molecular weight is 387 g/mol. The summed E-state index contributed by atoms with van der Waals surface area (Å²) in [6, 6.07) is 13.7. The Labute approximate surface area is 161 Å². The number of ether oxygens (including phenoxy) is 2. The molecule has 0 N–H and O–H groups in total. The molecule has 5 nitrogen and oxygen atoms in total. The molecule has 27 heavy (non-hydrogen) atoms. The van der Waals surface area contributed by atoms with Crippen molar-refractivity contribution >= 4 is 28.5 Å². The molecule has 0 bridgehead atoms. The highest BCUT2D eigenvalue weighted by atomic mass is 35.5. The third-order valence-corrected chi connectivity index (χ3v) is 4.46. The van der Waals surface area contributed by atoms with Gasteiger partial charge in [-0.05, 0) is 18.1 Å². The molecule has 3 rings (SSSR count). The second kappa shape index (κ2) is 8.27. The summed E-state index contributed by atoms with van der Waals surface area (Å²) in [6.07, 6.45) is 0.622. The number of halogens is 1. The molecular weight excluding hydrogens is 368 g/mol. The third-order valence-electron chi connectivity index (χ3n) is 4.16. The maximum absolute atomic E-state index is 12.2. The van der Waals surface area contributed by atoms with Gasteiger partial charge in [0.05, 0.1) is 12.1 Å². The number of methoxy groups -OCH3 is 1. The van der Waals surface area contributed by atoms with Crippen molar-refractivity contribution in [2.45, 2.75) is 25.9 Å². The highest BCUT2D eigenvalue weighted by molar-refractivity contribution is 6.32. The number of hydrogen-bond acceptors (Lipinski definition) is 5. The number of benzene rings is 2. The monoisotopic (exact) mass is 386 g/mol. The minimum atomic E-state index is -0.989. The number of fused-ring (bicyclic) bond motifs is 1. The molecule has 0 aliphatic heterocycles. The van der Waals surface area contributed by atoms with Gasteiger partial charge in [-0.25, -0.2) is 9.59 Å². The van der Waals surface area contributed by atoms with Gasteiger partial charge >= 0.3 is 11.6 Å². The molecule has 0 saturated heterocycles. The van der Waals surface area contributed by atoms with E-state index >= 15 is 0 Å². The third kappa shape index (κ3) is 4.14. The lowest BCUT2D eigenvalue weighted by Gasteiger charge is -2.18. The van der Waals surface area contributed by atoms with Crippen molar-refractivity contribution in [2.75, 3.05) is 7.11 Å². The highest BCUT2D eigenvalue weighted by Crippen LogP contribution is 2.34. The first-order valence-electron chi connectivity index (χ1n) is 8.59. The fourth-order valence-corrected chi connectivity index (χ4v) is 3.12. The Morgan fingerprint density at radius 1 is 1.19 bits per heavy atom. The van der Waals surface area contributed by atoms with E-state index in [4.69, 9.17) is 25.5 Å². The minimum absolute atomic E-state index is 0.236. The topological polar surface area (TPSA) is 65.7 Å². The molecule has 0 spiro atoms. The van der Waals surface area contributed by atoms with E-state index in [1.807, 2.05) is 13.0 Å². The lowest BCUT2D eigenvalue weighted by atomic mass is 10.1. The fourth-order valence-electron chi connectivity index (χ4n) is 2.91. The SMILES string of the molecule is CCCc1cc(=O)oc2cc(O[C@H](C(=O)OC)c3ccccc3)c(Cl)cc12. The van der Waals surface area contributed by atoms with Crippen molar-refractivity contribution in [1.29, 1.82) is 0 Å². The Kier molecular flexibility index (Phi) is 5.81. The number of rotatable bonds is 6. The maximum atomic E-state index is 12.2. The minimum Gasteiger partial charge on any atom is -0.472 e. The first-order valence-corrected chi connectivity index (χ1v) is 8.97. The van der Waals surface area contributed by atoms with E-state index in [2.05, 4.69) is 0 Å². The van der Waals surface area contributed by atoms with Crippen molar-refractivity contribution in [1.82, 2.24) is 0 Å². The molecule has 0 saturated carbocycles. The smallest absolute Gasteiger partial charge is 0.351 e. The molecule has 140 valence electrons. The Morgan fingerprint density at radius 2 is 1.93 bits per heavy atom. The average Bonchev–Trinajstić information content (AvgIpc) is 2.67. The molecular formula is C21H19ClO5. The summed E-state index contributed by atoms with van der Waals surface area (Å²) in [5.74, 6) is -0.321. The normalized spacial score (nSPS) is 12.0. The van der Waals surface area contributed by atoms with Crippen LogP contribution in [0.25, 0.3) is 11.0 Å². The van der Waals surface area contributed by atoms with Crippen LogP contribution in [-0.2, 0) is 16.0 Å². The van der Waals surface area contributed by atoms with Crippen molar-refractivity contribution in [3.63, 3.8) is 0 Å². The van der Waals surface area contributed by atoms with Gasteiger partial charge in [-0.2, -0.15) is 0 Å². The van der Waals surface area contributed by atoms with Crippen LogP contribution in [0.3, 0.4) is 0 Å². The van der Waals surface area contributed by atoms with E-state index in [1.165, 1.54) is 19.2 Å². The van der Waals surface area contributed by atoms with E-state index in [0.717, 1.165) is 23.8 Å². The Balaban J connectivity index is 2.06. The summed E-state index contributed by atoms with van der Waals surface area (Å²) in [5, 5.41) is 1.07. The van der Waals surface area contributed by atoms with Crippen LogP contribution in [0, 0.1) is 0 Å². The zero-order chi connectivity index (χ0) is 19.4. The van der Waals surface area contributed by atoms with Crippen LogP contribution in [-0.4, -0.2) is 13.1 Å². The van der Waals surface area contributed by atoms with Gasteiger partial charge in [0.25, 0.3) is 0 Å². The summed E-state index contributed by atoms with van der Waals surface area (Å²) < 4.78 is 16.0. The van der Waals surface area contributed by atoms with Crippen LogP contribution in [0.2, 0.25) is 5.02 Å². The lowest BCUT2D eigenvalue weighted by molar-refractivity contribution is -0.149. The molecule has 1 aromatic heterocycles. The molecule has 1 atom stereocenters. The van der Waals surface area contributed by atoms with E-state index in [9.17, 15) is 9.59 Å². The van der Waals surface area contributed by atoms with Gasteiger partial charge in [0.2, 0.25) is 6.10 Å². The Hall–Kier alpha value is -2.79. The summed E-state index contributed by atoms with van der Waals surface area (Å²) in [7, 11) is 1.29. The standard InChI is InChI=1S/C21H19ClO5/c1-3-7-14-10-19(23)26-17-12-18(16(22)11-15(14)17)27-20(21(24)25-2)13-8-5-4-6-9-13/h4-6,8-12,20H,3,7H2,1-2H3/t20-/m0/s1. The number of hydrogen-bond donors (Lipinski definition) is 0. The van der Waals surface area contributed by atoms with Crippen molar-refractivity contribution < 1.29 is 18.7 Å². The molecule has 0 aliphatic carbocycles. The van der Waals surface area contributed by atoms with E-state index < -0.39 is 17.7 Å². The van der Waals surface area contributed by atoms with Crippen LogP contribution in [0.5, 0.6) is 5.75 Å². The second-order valence-electron chi connectivity index (χ2n) is 6.05. The maximum Gasteiger partial charge on any atom is 0.351 e. The van der Waals surface area contributed by atoms with Crippen LogP contribution in [0.15, 0.2) is 57.7 Å². The van der Waals surface area contributed by atoms with Gasteiger partial charge in [0.1, 0.15) is 11.3 Å². The lowest BCUT2D eigenvalue weighted by Crippen LogP contribution is -2.20. The molecule has 2 aromatic carbocycles.